The van der Waals surface area contributed by atoms with E-state index in [2.05, 4.69) is 5.32 Å². The van der Waals surface area contributed by atoms with E-state index in [1.54, 1.807) is 16.9 Å². The van der Waals surface area contributed by atoms with Crippen LogP contribution in [0.3, 0.4) is 0 Å². The summed E-state index contributed by atoms with van der Waals surface area (Å²) in [6.07, 6.45) is 0.261. The van der Waals surface area contributed by atoms with E-state index in [1.807, 2.05) is 84.9 Å². The van der Waals surface area contributed by atoms with Crippen molar-refractivity contribution in [1.29, 1.82) is 0 Å². The molecular weight excluding hydrogens is 390 g/mol. The van der Waals surface area contributed by atoms with E-state index in [0.717, 1.165) is 16.9 Å². The van der Waals surface area contributed by atoms with Gasteiger partial charge in [0.25, 0.3) is 0 Å². The minimum atomic E-state index is -0.270. The monoisotopic (exact) mass is 415 g/mol. The maximum atomic E-state index is 13.2. The Hall–Kier alpha value is -3.80. The van der Waals surface area contributed by atoms with Crippen LogP contribution in [-0.4, -0.2) is 31.6 Å². The van der Waals surface area contributed by atoms with Crippen LogP contribution >= 0.6 is 0 Å². The molecule has 1 aliphatic rings. The fourth-order valence-corrected chi connectivity index (χ4v) is 3.74. The summed E-state index contributed by atoms with van der Waals surface area (Å²) in [5.41, 5.74) is 2.60. The quantitative estimate of drug-likeness (QED) is 0.656. The Kier molecular flexibility index (Phi) is 6.17. The average molecular weight is 415 g/mol. The Morgan fingerprint density at radius 1 is 1.03 bits per heavy atom. The summed E-state index contributed by atoms with van der Waals surface area (Å²) < 4.78 is 5.26. The number of methoxy groups -OCH3 is 1. The van der Waals surface area contributed by atoms with E-state index < -0.39 is 0 Å². The second kappa shape index (κ2) is 9.34. The number of urea groups is 1. The number of amides is 3. The second-order valence-electron chi connectivity index (χ2n) is 7.46. The van der Waals surface area contributed by atoms with Crippen molar-refractivity contribution in [3.8, 4) is 5.75 Å². The summed E-state index contributed by atoms with van der Waals surface area (Å²) in [6, 6.07) is 26.3. The minimum absolute atomic E-state index is 0.0205. The molecule has 6 nitrogen and oxygen atoms in total. The lowest BCUT2D eigenvalue weighted by atomic mass is 10.2. The molecule has 0 aliphatic carbocycles. The maximum absolute atomic E-state index is 13.2. The van der Waals surface area contributed by atoms with Gasteiger partial charge in [0.2, 0.25) is 5.91 Å². The van der Waals surface area contributed by atoms with Crippen LogP contribution in [0, 0.1) is 0 Å². The van der Waals surface area contributed by atoms with E-state index in [4.69, 9.17) is 4.74 Å². The minimum Gasteiger partial charge on any atom is -0.497 e. The van der Waals surface area contributed by atoms with Gasteiger partial charge in [-0.15, -0.1) is 0 Å². The van der Waals surface area contributed by atoms with Gasteiger partial charge >= 0.3 is 6.03 Å². The van der Waals surface area contributed by atoms with Crippen molar-refractivity contribution in [2.24, 2.45) is 0 Å². The van der Waals surface area contributed by atoms with Gasteiger partial charge in [-0.25, -0.2) is 4.79 Å². The number of rotatable bonds is 6. The molecule has 3 aromatic carbocycles. The van der Waals surface area contributed by atoms with Crippen LogP contribution in [0.15, 0.2) is 84.9 Å². The van der Waals surface area contributed by atoms with Gasteiger partial charge in [-0.3, -0.25) is 9.69 Å². The first-order chi connectivity index (χ1) is 15.1. The van der Waals surface area contributed by atoms with Crippen LogP contribution in [0.1, 0.15) is 12.0 Å². The number of hydrogen-bond donors (Lipinski definition) is 1. The Balaban J connectivity index is 1.49. The van der Waals surface area contributed by atoms with Crippen LogP contribution in [0.4, 0.5) is 16.2 Å². The fraction of sp³-hybridized carbons (Fsp3) is 0.200. The molecule has 158 valence electrons. The molecule has 1 saturated heterocycles. The predicted molar refractivity (Wildman–Crippen MR) is 121 cm³/mol. The summed E-state index contributed by atoms with van der Waals surface area (Å²) in [5.74, 6) is 0.670. The van der Waals surface area contributed by atoms with Gasteiger partial charge in [0.15, 0.2) is 0 Å². The lowest BCUT2D eigenvalue weighted by Crippen LogP contribution is -2.45. The normalized spacial score (nSPS) is 15.6. The predicted octanol–water partition coefficient (Wildman–Crippen LogP) is 4.22. The number of carbonyl (C=O) groups excluding carboxylic acids is 2. The highest BCUT2D eigenvalue weighted by Gasteiger charge is 2.33. The number of nitrogens with one attached hydrogen (secondary N) is 1. The third kappa shape index (κ3) is 4.86. The van der Waals surface area contributed by atoms with Gasteiger partial charge in [-0.2, -0.15) is 0 Å². The molecule has 0 unspecified atom stereocenters. The second-order valence-corrected chi connectivity index (χ2v) is 7.46. The van der Waals surface area contributed by atoms with Gasteiger partial charge in [0, 0.05) is 30.4 Å². The molecular formula is C25H25N3O3. The zero-order valence-electron chi connectivity index (χ0n) is 17.4. The van der Waals surface area contributed by atoms with Crippen molar-refractivity contribution in [3.05, 3.63) is 90.5 Å². The molecule has 0 spiro atoms. The van der Waals surface area contributed by atoms with E-state index in [1.165, 1.54) is 0 Å². The Morgan fingerprint density at radius 3 is 2.45 bits per heavy atom. The average Bonchev–Trinajstić information content (AvgIpc) is 3.18. The van der Waals surface area contributed by atoms with Gasteiger partial charge in [-0.1, -0.05) is 54.6 Å². The zero-order chi connectivity index (χ0) is 21.6. The number of para-hydroxylation sites is 1. The molecule has 1 atom stereocenters. The topological polar surface area (TPSA) is 61.9 Å². The number of hydrogen-bond acceptors (Lipinski definition) is 3. The van der Waals surface area contributed by atoms with Gasteiger partial charge < -0.3 is 15.0 Å². The van der Waals surface area contributed by atoms with Crippen molar-refractivity contribution in [2.45, 2.75) is 19.0 Å². The highest BCUT2D eigenvalue weighted by atomic mass is 16.5. The number of ether oxygens (including phenoxy) is 1. The Morgan fingerprint density at radius 2 is 1.74 bits per heavy atom. The van der Waals surface area contributed by atoms with Gasteiger partial charge in [-0.05, 0) is 29.8 Å². The molecule has 0 bridgehead atoms. The molecule has 0 aromatic heterocycles. The van der Waals surface area contributed by atoms with Crippen molar-refractivity contribution < 1.29 is 14.3 Å². The largest absolute Gasteiger partial charge is 0.497 e. The molecule has 0 saturated carbocycles. The van der Waals surface area contributed by atoms with Gasteiger partial charge in [0.1, 0.15) is 5.75 Å². The molecule has 3 amide bonds. The van der Waals surface area contributed by atoms with Crippen LogP contribution in [-0.2, 0) is 11.3 Å². The first kappa shape index (κ1) is 20.5. The van der Waals surface area contributed by atoms with Crippen LogP contribution in [0.2, 0.25) is 0 Å². The number of nitrogens with zero attached hydrogens (tertiary/aromatic N) is 2. The molecule has 1 fully saturated rings. The molecule has 4 rings (SSSR count). The van der Waals surface area contributed by atoms with Crippen molar-refractivity contribution in [1.82, 2.24) is 5.32 Å². The Bertz CT molecular complexity index is 1040. The van der Waals surface area contributed by atoms with Crippen molar-refractivity contribution in [3.63, 3.8) is 0 Å². The first-order valence-electron chi connectivity index (χ1n) is 10.3. The number of carbonyl (C=O) groups is 2. The smallest absolute Gasteiger partial charge is 0.322 e. The van der Waals surface area contributed by atoms with E-state index in [-0.39, 0.29) is 24.4 Å². The molecule has 6 heteroatoms. The summed E-state index contributed by atoms with van der Waals surface area (Å²) in [7, 11) is 1.60. The molecule has 1 heterocycles. The number of benzene rings is 3. The van der Waals surface area contributed by atoms with Gasteiger partial charge in [0.05, 0.1) is 19.7 Å². The standard InChI is InChI=1S/C25H25N3O3/c1-31-23-14-8-13-22(16-23)27-18-20(15-24(27)29)26-25(30)28(21-11-6-3-7-12-21)17-19-9-4-2-5-10-19/h2-14,16,20H,15,17-18H2,1H3,(H,26,30)/t20-/m1/s1. The fourth-order valence-electron chi connectivity index (χ4n) is 3.74. The maximum Gasteiger partial charge on any atom is 0.322 e. The third-order valence-corrected chi connectivity index (χ3v) is 5.31. The highest BCUT2D eigenvalue weighted by molar-refractivity contribution is 5.98. The summed E-state index contributed by atoms with van der Waals surface area (Å²) in [6.45, 7) is 0.864. The summed E-state index contributed by atoms with van der Waals surface area (Å²) in [5, 5.41) is 3.05. The summed E-state index contributed by atoms with van der Waals surface area (Å²) in [4.78, 5) is 29.2. The SMILES string of the molecule is COc1cccc(N2C[C@H](NC(=O)N(Cc3ccccc3)c3ccccc3)CC2=O)c1. The van der Waals surface area contributed by atoms with E-state index in [9.17, 15) is 9.59 Å². The molecule has 3 aromatic rings. The highest BCUT2D eigenvalue weighted by Crippen LogP contribution is 2.26. The third-order valence-electron chi connectivity index (χ3n) is 5.31. The lowest BCUT2D eigenvalue weighted by Gasteiger charge is -2.25. The van der Waals surface area contributed by atoms with E-state index in [0.29, 0.717) is 18.8 Å². The molecule has 1 N–H and O–H groups in total. The van der Waals surface area contributed by atoms with Crippen molar-refractivity contribution in [2.75, 3.05) is 23.5 Å². The first-order valence-corrected chi connectivity index (χ1v) is 10.3. The van der Waals surface area contributed by atoms with Crippen LogP contribution in [0.25, 0.3) is 0 Å². The van der Waals surface area contributed by atoms with E-state index >= 15 is 0 Å². The van der Waals surface area contributed by atoms with Crippen molar-refractivity contribution >= 4 is 23.3 Å². The Labute approximate surface area is 182 Å². The van der Waals surface area contributed by atoms with Crippen LogP contribution in [0.5, 0.6) is 5.75 Å². The number of anilines is 2. The zero-order valence-corrected chi connectivity index (χ0v) is 17.4. The molecule has 31 heavy (non-hydrogen) atoms. The lowest BCUT2D eigenvalue weighted by molar-refractivity contribution is -0.117. The molecule has 0 radical (unpaired) electrons. The molecule has 1 aliphatic heterocycles. The summed E-state index contributed by atoms with van der Waals surface area (Å²) >= 11 is 0. The van der Waals surface area contributed by atoms with Crippen LogP contribution < -0.4 is 19.9 Å².